The van der Waals surface area contributed by atoms with Gasteiger partial charge in [-0.15, -0.1) is 0 Å². The highest BCUT2D eigenvalue weighted by Crippen LogP contribution is 2.48. The highest BCUT2D eigenvalue weighted by molar-refractivity contribution is 6.27. The van der Waals surface area contributed by atoms with Crippen molar-refractivity contribution in [2.75, 3.05) is 4.90 Å². The minimum absolute atomic E-state index is 0.908. The Kier molecular flexibility index (Phi) is 7.14. The monoisotopic (exact) mass is 740 g/mol. The zero-order valence-corrected chi connectivity index (χ0v) is 31.9. The number of nitrogens with zero attached hydrogens (tertiary/aromatic N) is 2. The van der Waals surface area contributed by atoms with Crippen molar-refractivity contribution in [2.45, 2.75) is 6.92 Å². The molecule has 0 aliphatic heterocycles. The van der Waals surface area contributed by atoms with Crippen molar-refractivity contribution in [3.63, 3.8) is 0 Å². The molecule has 12 rings (SSSR count). The second-order valence-electron chi connectivity index (χ2n) is 15.4. The van der Waals surface area contributed by atoms with Crippen LogP contribution in [0.3, 0.4) is 0 Å². The van der Waals surface area contributed by atoms with Gasteiger partial charge in [0.25, 0.3) is 0 Å². The Labute approximate surface area is 335 Å². The normalized spacial score (nSPS) is 11.9. The predicted octanol–water partition coefficient (Wildman–Crippen LogP) is 15.5. The molecular formula is C55H36N2O. The van der Waals surface area contributed by atoms with Gasteiger partial charge in [-0.3, -0.25) is 0 Å². The average molecular weight is 741 g/mol. The Balaban J connectivity index is 1.11. The van der Waals surface area contributed by atoms with Crippen LogP contribution in [0.1, 0.15) is 5.56 Å². The third-order valence-corrected chi connectivity index (χ3v) is 11.9. The summed E-state index contributed by atoms with van der Waals surface area (Å²) in [7, 11) is 0. The Morgan fingerprint density at radius 1 is 0.379 bits per heavy atom. The number of hydrogen-bond donors (Lipinski definition) is 0. The number of rotatable bonds is 6. The van der Waals surface area contributed by atoms with Crippen molar-refractivity contribution in [3.8, 4) is 33.4 Å². The highest BCUT2D eigenvalue weighted by Gasteiger charge is 2.24. The quantitative estimate of drug-likeness (QED) is 0.169. The fraction of sp³-hybridized carbons (Fsp3) is 0.0182. The van der Waals surface area contributed by atoms with E-state index in [4.69, 9.17) is 4.42 Å². The molecule has 0 bridgehead atoms. The Bertz CT molecular complexity index is 3450. The van der Waals surface area contributed by atoms with Gasteiger partial charge in [0, 0.05) is 43.7 Å². The van der Waals surface area contributed by atoms with Crippen LogP contribution in [-0.2, 0) is 0 Å². The van der Waals surface area contributed by atoms with Crippen LogP contribution in [-0.4, -0.2) is 4.40 Å². The molecule has 12 aromatic rings. The summed E-state index contributed by atoms with van der Waals surface area (Å²) in [5.41, 5.74) is 17.1. The molecule has 0 N–H and O–H groups in total. The summed E-state index contributed by atoms with van der Waals surface area (Å²) in [6.07, 6.45) is 0. The summed E-state index contributed by atoms with van der Waals surface area (Å²) in [5.74, 6) is 0. The van der Waals surface area contributed by atoms with Crippen LogP contribution in [0.2, 0.25) is 0 Å². The summed E-state index contributed by atoms with van der Waals surface area (Å²) in [6.45, 7) is 2.13. The number of hydrogen-bond acceptors (Lipinski definition) is 2. The molecular weight excluding hydrogens is 705 g/mol. The highest BCUT2D eigenvalue weighted by atomic mass is 16.3. The molecule has 0 aliphatic rings. The van der Waals surface area contributed by atoms with E-state index in [-0.39, 0.29) is 0 Å². The Hall–Kier alpha value is -7.62. The van der Waals surface area contributed by atoms with Crippen molar-refractivity contribution in [1.29, 1.82) is 0 Å². The zero-order chi connectivity index (χ0) is 38.3. The lowest BCUT2D eigenvalue weighted by molar-refractivity contribution is 0.669. The largest absolute Gasteiger partial charge is 0.456 e. The number of furan rings is 1. The molecule has 3 aromatic heterocycles. The van der Waals surface area contributed by atoms with Crippen molar-refractivity contribution in [3.05, 3.63) is 206 Å². The second kappa shape index (κ2) is 12.7. The van der Waals surface area contributed by atoms with Gasteiger partial charge in [0.05, 0.1) is 22.2 Å². The van der Waals surface area contributed by atoms with Gasteiger partial charge in [0.2, 0.25) is 0 Å². The van der Waals surface area contributed by atoms with Crippen LogP contribution < -0.4 is 4.90 Å². The van der Waals surface area contributed by atoms with Crippen molar-refractivity contribution in [2.24, 2.45) is 0 Å². The number of aryl methyl sites for hydroxylation is 1. The van der Waals surface area contributed by atoms with Crippen LogP contribution in [0.4, 0.5) is 17.1 Å². The van der Waals surface area contributed by atoms with Crippen LogP contribution in [0.5, 0.6) is 0 Å². The van der Waals surface area contributed by atoms with Crippen LogP contribution in [0.15, 0.2) is 205 Å². The lowest BCUT2D eigenvalue weighted by atomic mass is 9.96. The summed E-state index contributed by atoms with van der Waals surface area (Å²) >= 11 is 0. The smallest absolute Gasteiger partial charge is 0.135 e. The molecule has 0 saturated carbocycles. The van der Waals surface area contributed by atoms with Crippen LogP contribution in [0.25, 0.3) is 93.4 Å². The van der Waals surface area contributed by atoms with E-state index in [0.29, 0.717) is 0 Å². The minimum atomic E-state index is 0.908. The molecule has 0 unspecified atom stereocenters. The van der Waals surface area contributed by atoms with Crippen molar-refractivity contribution in [1.82, 2.24) is 4.40 Å². The first kappa shape index (κ1) is 32.6. The van der Waals surface area contributed by atoms with Gasteiger partial charge >= 0.3 is 0 Å². The van der Waals surface area contributed by atoms with Gasteiger partial charge in [0.15, 0.2) is 0 Å². The average Bonchev–Trinajstić information content (AvgIpc) is 3.94. The van der Waals surface area contributed by atoms with Gasteiger partial charge < -0.3 is 13.7 Å². The van der Waals surface area contributed by atoms with Crippen LogP contribution in [0, 0.1) is 6.92 Å². The Morgan fingerprint density at radius 3 is 1.66 bits per heavy atom. The summed E-state index contributed by atoms with van der Waals surface area (Å²) in [6, 6.07) is 72.8. The van der Waals surface area contributed by atoms with E-state index in [0.717, 1.165) is 50.1 Å². The van der Waals surface area contributed by atoms with E-state index in [1.165, 1.54) is 65.9 Å². The van der Waals surface area contributed by atoms with E-state index >= 15 is 0 Å². The predicted molar refractivity (Wildman–Crippen MR) is 244 cm³/mol. The third-order valence-electron chi connectivity index (χ3n) is 11.9. The van der Waals surface area contributed by atoms with Gasteiger partial charge in [-0.2, -0.15) is 0 Å². The van der Waals surface area contributed by atoms with E-state index in [1.54, 1.807) is 0 Å². The minimum Gasteiger partial charge on any atom is -0.456 e. The van der Waals surface area contributed by atoms with Gasteiger partial charge in [-0.05, 0) is 113 Å². The molecule has 3 nitrogen and oxygen atoms in total. The first-order chi connectivity index (χ1) is 28.7. The summed E-state index contributed by atoms with van der Waals surface area (Å²) < 4.78 is 8.69. The maximum Gasteiger partial charge on any atom is 0.135 e. The van der Waals surface area contributed by atoms with Gasteiger partial charge in [0.1, 0.15) is 11.2 Å². The van der Waals surface area contributed by atoms with E-state index in [2.05, 4.69) is 216 Å². The van der Waals surface area contributed by atoms with Crippen molar-refractivity contribution < 1.29 is 4.42 Å². The van der Waals surface area contributed by atoms with Gasteiger partial charge in [-0.1, -0.05) is 133 Å². The molecule has 0 saturated heterocycles. The SMILES string of the molecule is Cc1ccc2oc3ccc(-c4ccc(N(c5cc(-c6ccccc6)cc(-c6ccccc6)c5)c5ccc6c7ccccc7n7c8ccccc8c5c67)cc4)cc3c2c1. The molecule has 0 fully saturated rings. The van der Waals surface area contributed by atoms with Gasteiger partial charge in [-0.25, -0.2) is 0 Å². The number of anilines is 3. The Morgan fingerprint density at radius 2 is 0.948 bits per heavy atom. The molecule has 0 amide bonds. The molecule has 0 atom stereocenters. The summed E-state index contributed by atoms with van der Waals surface area (Å²) in [4.78, 5) is 2.47. The van der Waals surface area contributed by atoms with E-state index < -0.39 is 0 Å². The molecule has 0 radical (unpaired) electrons. The molecule has 272 valence electrons. The fourth-order valence-electron chi connectivity index (χ4n) is 9.26. The number of aromatic nitrogens is 1. The lowest BCUT2D eigenvalue weighted by Crippen LogP contribution is -2.11. The second-order valence-corrected chi connectivity index (χ2v) is 15.4. The molecule has 0 spiro atoms. The van der Waals surface area contributed by atoms with E-state index in [9.17, 15) is 0 Å². The molecule has 58 heavy (non-hydrogen) atoms. The maximum atomic E-state index is 6.22. The first-order valence-corrected chi connectivity index (χ1v) is 19.9. The number of benzene rings is 9. The number of para-hydroxylation sites is 2. The third kappa shape index (κ3) is 5.00. The van der Waals surface area contributed by atoms with E-state index in [1.807, 2.05) is 0 Å². The van der Waals surface area contributed by atoms with Crippen molar-refractivity contribution >= 4 is 77.1 Å². The molecule has 3 heterocycles. The zero-order valence-electron chi connectivity index (χ0n) is 31.9. The topological polar surface area (TPSA) is 20.8 Å². The summed E-state index contributed by atoms with van der Waals surface area (Å²) in [5, 5.41) is 7.31. The first-order valence-electron chi connectivity index (χ1n) is 19.9. The number of fused-ring (bicyclic) bond motifs is 9. The molecule has 9 aromatic carbocycles. The lowest BCUT2D eigenvalue weighted by Gasteiger charge is -2.28. The standard InChI is InChI=1S/C55H36N2O/c1-35-20-28-52-47(30-35)48-34-39(23-29-53(48)58-52)38-21-24-42(25-22-38)56(43-32-40(36-12-4-2-5-13-36)31-41(33-43)37-14-6-3-7-15-37)51-27-26-45-44-16-8-10-18-49(44)57-50-19-11-9-17-46(50)54(51)55(45)57/h2-34H,1H3. The van der Waals surface area contributed by atoms with Crippen LogP contribution >= 0.6 is 0 Å². The molecule has 0 aliphatic carbocycles. The maximum absolute atomic E-state index is 6.22. The molecule has 3 heteroatoms. The fourth-order valence-corrected chi connectivity index (χ4v) is 9.26.